The Morgan fingerprint density at radius 2 is 1.67 bits per heavy atom. The highest BCUT2D eigenvalue weighted by Gasteiger charge is 2.64. The monoisotopic (exact) mass is 1060 g/mol. The van der Waals surface area contributed by atoms with Crippen molar-refractivity contribution < 1.29 is 33.8 Å². The normalized spacial score (nSPS) is 21.7. The number of hydrogen-bond donors (Lipinski definition) is 3. The minimum absolute atomic E-state index is 0.00183. The molecule has 16 nitrogen and oxygen atoms in total. The molecule has 5 heterocycles. The lowest BCUT2D eigenvalue weighted by Gasteiger charge is -2.63. The Labute approximate surface area is 448 Å². The number of benzene rings is 3. The van der Waals surface area contributed by atoms with Crippen LogP contribution < -0.4 is 25.0 Å². The molecule has 0 bridgehead atoms. The van der Waals surface area contributed by atoms with E-state index in [0.717, 1.165) is 59.3 Å². The van der Waals surface area contributed by atoms with Gasteiger partial charge in [-0.15, -0.1) is 11.3 Å². The highest BCUT2D eigenvalue weighted by Crippen LogP contribution is 2.55. The predicted molar refractivity (Wildman–Crippen MR) is 288 cm³/mol. The van der Waals surface area contributed by atoms with E-state index < -0.39 is 29.0 Å². The number of halogens is 1. The van der Waals surface area contributed by atoms with E-state index in [4.69, 9.17) is 21.1 Å². The Morgan fingerprint density at radius 3 is 2.31 bits per heavy atom. The first-order valence-electron chi connectivity index (χ1n) is 25.7. The zero-order valence-corrected chi connectivity index (χ0v) is 45.4. The van der Waals surface area contributed by atoms with Crippen LogP contribution in [0.1, 0.15) is 104 Å². The van der Waals surface area contributed by atoms with Gasteiger partial charge >= 0.3 is 0 Å². The number of carbonyl (C=O) groups excluding carboxylic acids is 4. The van der Waals surface area contributed by atoms with Crippen molar-refractivity contribution in [3.8, 4) is 28.0 Å². The third kappa shape index (κ3) is 10.8. The number of aliphatic hydroxyl groups is 1. The molecule has 2 aromatic heterocycles. The lowest BCUT2D eigenvalue weighted by Crippen LogP contribution is -2.74. The van der Waals surface area contributed by atoms with Gasteiger partial charge in [-0.25, -0.2) is 9.97 Å². The van der Waals surface area contributed by atoms with Gasteiger partial charge in [0.2, 0.25) is 11.8 Å². The number of fused-ring (bicyclic) bond motifs is 1. The lowest BCUT2D eigenvalue weighted by atomic mass is 9.49. The minimum atomic E-state index is -0.887. The number of anilines is 1. The van der Waals surface area contributed by atoms with Gasteiger partial charge in [0, 0.05) is 86.9 Å². The summed E-state index contributed by atoms with van der Waals surface area (Å²) in [6.07, 6.45) is 0.648. The third-order valence-electron chi connectivity index (χ3n) is 15.6. The van der Waals surface area contributed by atoms with Gasteiger partial charge in [0.1, 0.15) is 48.2 Å². The average molecular weight is 1060 g/mol. The zero-order chi connectivity index (χ0) is 53.5. The molecular weight excluding hydrogens is 990 g/mol. The maximum Gasteiger partial charge on any atom is 0.255 e. The Morgan fingerprint density at radius 1 is 0.947 bits per heavy atom. The van der Waals surface area contributed by atoms with E-state index in [-0.39, 0.29) is 67.2 Å². The number of carbonyl (C=O) groups is 4. The summed E-state index contributed by atoms with van der Waals surface area (Å²) in [5.41, 5.74) is 6.10. The molecular formula is C57H66ClN9O7S. The molecule has 4 atom stereocenters. The summed E-state index contributed by atoms with van der Waals surface area (Å²) in [5, 5.41) is 26.7. The molecule has 1 unspecified atom stereocenters. The first-order chi connectivity index (χ1) is 35.7. The zero-order valence-electron chi connectivity index (χ0n) is 43.8. The van der Waals surface area contributed by atoms with Crippen LogP contribution >= 0.6 is 22.9 Å². The van der Waals surface area contributed by atoms with E-state index in [1.807, 2.05) is 75.7 Å². The Hall–Kier alpha value is -6.58. The summed E-state index contributed by atoms with van der Waals surface area (Å²) >= 11 is 7.85. The number of β-amino-alcohol motifs (C(OH)–C–C–N with tert-alkyl or cyclic N) is 1. The quantitative estimate of drug-likeness (QED) is 0.0875. The number of thiazole rings is 1. The first-order valence-corrected chi connectivity index (χ1v) is 27.0. The molecule has 75 heavy (non-hydrogen) atoms. The number of amides is 4. The number of aryl methyl sites for hydroxylation is 1. The fourth-order valence-corrected chi connectivity index (χ4v) is 12.8. The molecule has 0 radical (unpaired) electrons. The number of aromatic nitrogens is 2. The van der Waals surface area contributed by atoms with Gasteiger partial charge < -0.3 is 39.9 Å². The summed E-state index contributed by atoms with van der Waals surface area (Å²) < 4.78 is 12.6. The molecule has 394 valence electrons. The van der Waals surface area contributed by atoms with Gasteiger partial charge in [0.15, 0.2) is 0 Å². The number of ether oxygens (including phenoxy) is 2. The van der Waals surface area contributed by atoms with Crippen molar-refractivity contribution >= 4 is 52.4 Å². The van der Waals surface area contributed by atoms with Crippen molar-refractivity contribution in [1.82, 2.24) is 35.3 Å². The van der Waals surface area contributed by atoms with Crippen molar-refractivity contribution in [3.63, 3.8) is 0 Å². The van der Waals surface area contributed by atoms with Crippen molar-refractivity contribution in [3.05, 3.63) is 123 Å². The van der Waals surface area contributed by atoms with Crippen LogP contribution in [0, 0.1) is 35.0 Å². The maximum absolute atomic E-state index is 14.5. The Kier molecular flexibility index (Phi) is 15.3. The number of nitriles is 1. The second-order valence-electron chi connectivity index (χ2n) is 21.8. The second kappa shape index (κ2) is 21.6. The Balaban J connectivity index is 0.734. The predicted octanol–water partition coefficient (Wildman–Crippen LogP) is 7.67. The minimum Gasteiger partial charge on any atom is -0.492 e. The van der Waals surface area contributed by atoms with Crippen LogP contribution in [-0.4, -0.2) is 130 Å². The van der Waals surface area contributed by atoms with E-state index in [2.05, 4.69) is 64.2 Å². The average Bonchev–Trinajstić information content (AvgIpc) is 4.12. The van der Waals surface area contributed by atoms with Crippen molar-refractivity contribution in [2.24, 2.45) is 16.7 Å². The number of likely N-dealkylation sites (tertiary alicyclic amines) is 1. The summed E-state index contributed by atoms with van der Waals surface area (Å²) in [5.74, 6) is 0.580. The van der Waals surface area contributed by atoms with Crippen LogP contribution in [0.2, 0.25) is 5.02 Å². The lowest BCUT2D eigenvalue weighted by molar-refractivity contribution is -0.164. The summed E-state index contributed by atoms with van der Waals surface area (Å²) in [4.78, 5) is 73.6. The van der Waals surface area contributed by atoms with Crippen LogP contribution in [0.4, 0.5) is 5.82 Å². The van der Waals surface area contributed by atoms with E-state index in [1.165, 1.54) is 4.90 Å². The van der Waals surface area contributed by atoms with Crippen LogP contribution in [0.3, 0.4) is 0 Å². The molecule has 1 saturated carbocycles. The van der Waals surface area contributed by atoms with Gasteiger partial charge in [0.05, 0.1) is 44.4 Å². The van der Waals surface area contributed by atoms with E-state index in [9.17, 15) is 29.5 Å². The summed E-state index contributed by atoms with van der Waals surface area (Å²) in [6, 6.07) is 22.0. The molecule has 0 spiro atoms. The number of hydrogen-bond acceptors (Lipinski definition) is 13. The van der Waals surface area contributed by atoms with Crippen LogP contribution in [-0.2, 0) is 16.1 Å². The van der Waals surface area contributed by atoms with E-state index in [1.54, 1.807) is 52.8 Å². The number of pyridine rings is 1. The van der Waals surface area contributed by atoms with E-state index >= 15 is 0 Å². The van der Waals surface area contributed by atoms with Gasteiger partial charge in [0.25, 0.3) is 11.8 Å². The van der Waals surface area contributed by atoms with Gasteiger partial charge in [-0.05, 0) is 78.9 Å². The van der Waals surface area contributed by atoms with E-state index in [0.29, 0.717) is 46.4 Å². The number of piperazine rings is 1. The van der Waals surface area contributed by atoms with Crippen molar-refractivity contribution in [1.29, 1.82) is 5.26 Å². The van der Waals surface area contributed by atoms with Gasteiger partial charge in [-0.1, -0.05) is 77.4 Å². The maximum atomic E-state index is 14.5. The molecule has 4 amide bonds. The topological polar surface area (TPSA) is 194 Å². The molecule has 1 aliphatic carbocycles. The highest BCUT2D eigenvalue weighted by molar-refractivity contribution is 7.13. The molecule has 3 fully saturated rings. The molecule has 3 aliphatic heterocycles. The number of nitrogens with zero attached hydrogens (tertiary/aromatic N) is 7. The third-order valence-corrected chi connectivity index (χ3v) is 16.9. The van der Waals surface area contributed by atoms with Crippen LogP contribution in [0.5, 0.6) is 11.5 Å². The smallest absolute Gasteiger partial charge is 0.255 e. The SMILES string of the molecule is Cc1ncsc1-c1ccc([C@H](C)NC(=O)[C@@H]2CC(O)CN2C(=O)[C@H](C(C)C)N2Cc3cc(OCCN4CCN(c5ccc(C(=O)N[C@H]6C(C)(C)[C@H](Oc7ccc(C#N)c(Cl)c7)C6(C)C)cn5)CC4)ccc3C2=O)cc1. The standard InChI is InChI=1S/C57H66ClN9O7S/c1-33(2)48(53(72)66-31-41(68)26-46(66)51(70)62-34(3)36-9-11-37(12-10-36)49-35(4)61-32-75-49)67-30-40-25-42(16-17-44(40)52(67)71)73-24-23-64-19-21-65(22-20-64)47-18-14-39(29-60-47)50(69)63-54-56(5,6)55(57(54,7)8)74-43-15-13-38(28-59)45(58)27-43/h9-18,25,27,29,32-34,41,46,48,54-55,68H,19-24,26,30-31H2,1-8H3,(H,62,70)(H,63,69)/t34-,41?,46-,48-,54-,55-/m0/s1. The fraction of sp³-hybridized carbons (Fsp3) is 0.456. The first kappa shape index (κ1) is 53.3. The number of aliphatic hydroxyl groups excluding tert-OH is 1. The second-order valence-corrected chi connectivity index (χ2v) is 23.1. The van der Waals surface area contributed by atoms with Gasteiger partial charge in [-0.3, -0.25) is 24.1 Å². The molecule has 18 heteroatoms. The highest BCUT2D eigenvalue weighted by atomic mass is 35.5. The van der Waals surface area contributed by atoms with Crippen molar-refractivity contribution in [2.75, 3.05) is 50.8 Å². The Bertz CT molecular complexity index is 2970. The fourth-order valence-electron chi connectivity index (χ4n) is 11.8. The molecule has 5 aromatic rings. The van der Waals surface area contributed by atoms with Crippen molar-refractivity contribution in [2.45, 2.75) is 105 Å². The molecule has 3 N–H and O–H groups in total. The molecule has 4 aliphatic rings. The summed E-state index contributed by atoms with van der Waals surface area (Å²) in [7, 11) is 0. The molecule has 2 saturated heterocycles. The van der Waals surface area contributed by atoms with Gasteiger partial charge in [-0.2, -0.15) is 5.26 Å². The summed E-state index contributed by atoms with van der Waals surface area (Å²) in [6.45, 7) is 20.4. The molecule has 3 aromatic carbocycles. The van der Waals surface area contributed by atoms with Crippen LogP contribution in [0.25, 0.3) is 10.4 Å². The number of nitrogens with one attached hydrogen (secondary N) is 2. The number of rotatable bonds is 16. The molecule has 9 rings (SSSR count). The largest absolute Gasteiger partial charge is 0.492 e. The van der Waals surface area contributed by atoms with Crippen LogP contribution in [0.15, 0.2) is 84.5 Å².